The summed E-state index contributed by atoms with van der Waals surface area (Å²) in [5, 5.41) is 17.0. The van der Waals surface area contributed by atoms with Gasteiger partial charge in [-0.25, -0.2) is 0 Å². The van der Waals surface area contributed by atoms with Gasteiger partial charge >= 0.3 is 11.9 Å². The molecule has 2 N–H and O–H groups in total. The molecular weight excluding hydrogens is 496 g/mol. The Hall–Kier alpha value is -1.58. The number of allylic oxidation sites excluding steroid dienone is 4. The van der Waals surface area contributed by atoms with Gasteiger partial charge in [-0.15, -0.1) is 0 Å². The lowest BCUT2D eigenvalue weighted by atomic mass is 10.1. The minimum absolute atomic E-state index is 0.312. The van der Waals surface area contributed by atoms with Crippen molar-refractivity contribution >= 4 is 11.9 Å². The number of hydrogen-bond acceptors (Lipinski definition) is 2. The lowest BCUT2D eigenvalue weighted by molar-refractivity contribution is -0.138. The second-order valence-electron chi connectivity index (χ2n) is 11.5. The Labute approximate surface area is 249 Å². The van der Waals surface area contributed by atoms with Crippen molar-refractivity contribution in [3.63, 3.8) is 0 Å². The maximum absolute atomic E-state index is 10.3. The SMILES string of the molecule is CCCCCCCC/C=C/CCCCCCCC(=O)O.CCCCCCCCCCC/C=C\CCCCC(=O)O. The molecule has 4 nitrogen and oxygen atoms in total. The monoisotopic (exact) mass is 565 g/mol. The predicted octanol–water partition coefficient (Wildman–Crippen LogP) is 12.2. The van der Waals surface area contributed by atoms with Gasteiger partial charge in [0.25, 0.3) is 0 Å². The van der Waals surface area contributed by atoms with E-state index in [0.717, 1.165) is 32.1 Å². The van der Waals surface area contributed by atoms with E-state index in [2.05, 4.69) is 38.2 Å². The third-order valence-corrected chi connectivity index (χ3v) is 7.30. The van der Waals surface area contributed by atoms with Crippen molar-refractivity contribution in [2.75, 3.05) is 0 Å². The Morgan fingerprint density at radius 3 is 0.900 bits per heavy atom. The highest BCUT2D eigenvalue weighted by Gasteiger charge is 1.96. The standard InChI is InChI=1S/2C18H34O2/c2*1-2-3-4-5-6-7-8-9-10-11-12-13-14-15-16-17-18(19)20/h12-13H,2-11,14-17H2,1H3,(H,19,20);9-10H,2-8,11-17H2,1H3,(H,19,20)/b13-12-;10-9+. The van der Waals surface area contributed by atoms with E-state index in [1.807, 2.05) is 0 Å². The molecule has 40 heavy (non-hydrogen) atoms. The van der Waals surface area contributed by atoms with Crippen molar-refractivity contribution in [1.82, 2.24) is 0 Å². The van der Waals surface area contributed by atoms with Gasteiger partial charge in [0.05, 0.1) is 0 Å². The molecule has 0 aromatic heterocycles. The normalized spacial score (nSPS) is 11.2. The van der Waals surface area contributed by atoms with Gasteiger partial charge in [-0.1, -0.05) is 141 Å². The maximum atomic E-state index is 10.3. The maximum Gasteiger partial charge on any atom is 0.303 e. The van der Waals surface area contributed by atoms with Crippen LogP contribution in [-0.4, -0.2) is 22.2 Å². The van der Waals surface area contributed by atoms with Crippen molar-refractivity contribution in [2.24, 2.45) is 0 Å². The Kier molecular flexibility index (Phi) is 37.9. The van der Waals surface area contributed by atoms with E-state index in [4.69, 9.17) is 10.2 Å². The first-order chi connectivity index (χ1) is 19.5. The Bertz CT molecular complexity index is 567. The van der Waals surface area contributed by atoms with Crippen molar-refractivity contribution in [2.45, 2.75) is 194 Å². The van der Waals surface area contributed by atoms with Crippen LogP contribution in [0.25, 0.3) is 0 Å². The molecule has 0 fully saturated rings. The fourth-order valence-corrected chi connectivity index (χ4v) is 4.69. The Balaban J connectivity index is 0. The zero-order chi connectivity index (χ0) is 29.8. The summed E-state index contributed by atoms with van der Waals surface area (Å²) < 4.78 is 0. The van der Waals surface area contributed by atoms with Crippen LogP contribution in [0.3, 0.4) is 0 Å². The Morgan fingerprint density at radius 2 is 0.600 bits per heavy atom. The zero-order valence-electron chi connectivity index (χ0n) is 26.8. The summed E-state index contributed by atoms with van der Waals surface area (Å²) in [6, 6.07) is 0. The van der Waals surface area contributed by atoms with Gasteiger partial charge in [0.1, 0.15) is 0 Å². The fourth-order valence-electron chi connectivity index (χ4n) is 4.69. The fraction of sp³-hybridized carbons (Fsp3) is 0.833. The van der Waals surface area contributed by atoms with E-state index >= 15 is 0 Å². The van der Waals surface area contributed by atoms with Crippen LogP contribution in [0.15, 0.2) is 24.3 Å². The van der Waals surface area contributed by atoms with E-state index in [-0.39, 0.29) is 0 Å². The molecule has 0 rings (SSSR count). The molecule has 0 aliphatic heterocycles. The average molecular weight is 565 g/mol. The van der Waals surface area contributed by atoms with Crippen LogP contribution < -0.4 is 0 Å². The molecule has 0 spiro atoms. The average Bonchev–Trinajstić information content (AvgIpc) is 2.93. The lowest BCUT2D eigenvalue weighted by Crippen LogP contribution is -1.93. The molecule has 0 aromatic rings. The highest BCUT2D eigenvalue weighted by molar-refractivity contribution is 5.66. The molecular formula is C36H68O4. The molecule has 0 saturated heterocycles. The number of rotatable bonds is 30. The molecule has 0 aromatic carbocycles. The number of carboxylic acids is 2. The van der Waals surface area contributed by atoms with Gasteiger partial charge in [0, 0.05) is 12.8 Å². The number of unbranched alkanes of at least 4 members (excludes halogenated alkanes) is 22. The third kappa shape index (κ3) is 43.5. The second-order valence-corrected chi connectivity index (χ2v) is 11.5. The van der Waals surface area contributed by atoms with Crippen molar-refractivity contribution in [1.29, 1.82) is 0 Å². The van der Waals surface area contributed by atoms with Crippen molar-refractivity contribution in [3.8, 4) is 0 Å². The molecule has 0 saturated carbocycles. The number of aliphatic carboxylic acids is 2. The van der Waals surface area contributed by atoms with Gasteiger partial charge < -0.3 is 10.2 Å². The van der Waals surface area contributed by atoms with E-state index in [1.165, 1.54) is 135 Å². The van der Waals surface area contributed by atoms with Crippen LogP contribution in [0.5, 0.6) is 0 Å². The zero-order valence-corrected chi connectivity index (χ0v) is 26.8. The molecule has 4 heteroatoms. The first-order valence-electron chi connectivity index (χ1n) is 17.3. The third-order valence-electron chi connectivity index (χ3n) is 7.30. The summed E-state index contributed by atoms with van der Waals surface area (Å²) in [7, 11) is 0. The minimum atomic E-state index is -0.677. The summed E-state index contributed by atoms with van der Waals surface area (Å²) in [6.07, 6.45) is 42.5. The summed E-state index contributed by atoms with van der Waals surface area (Å²) in [5.74, 6) is -1.34. The van der Waals surface area contributed by atoms with Crippen molar-refractivity contribution < 1.29 is 19.8 Å². The van der Waals surface area contributed by atoms with Crippen molar-refractivity contribution in [3.05, 3.63) is 24.3 Å². The van der Waals surface area contributed by atoms with Crippen LogP contribution in [0, 0.1) is 0 Å². The summed E-state index contributed by atoms with van der Waals surface area (Å²) in [5.41, 5.74) is 0. The van der Waals surface area contributed by atoms with E-state index < -0.39 is 11.9 Å². The molecule has 0 aliphatic carbocycles. The molecule has 0 heterocycles. The highest BCUT2D eigenvalue weighted by atomic mass is 16.4. The van der Waals surface area contributed by atoms with Crippen LogP contribution in [0.2, 0.25) is 0 Å². The molecule has 0 radical (unpaired) electrons. The largest absolute Gasteiger partial charge is 0.481 e. The van der Waals surface area contributed by atoms with Gasteiger partial charge in [0.15, 0.2) is 0 Å². The van der Waals surface area contributed by atoms with Gasteiger partial charge in [-0.3, -0.25) is 9.59 Å². The van der Waals surface area contributed by atoms with E-state index in [1.54, 1.807) is 0 Å². The van der Waals surface area contributed by atoms with Crippen LogP contribution >= 0.6 is 0 Å². The lowest BCUT2D eigenvalue weighted by Gasteiger charge is -2.00. The summed E-state index contributed by atoms with van der Waals surface area (Å²) in [6.45, 7) is 4.52. The minimum Gasteiger partial charge on any atom is -0.481 e. The van der Waals surface area contributed by atoms with Gasteiger partial charge in [-0.05, 0) is 64.2 Å². The highest BCUT2D eigenvalue weighted by Crippen LogP contribution is 2.12. The number of carboxylic acid groups (broad SMARTS) is 2. The molecule has 0 amide bonds. The van der Waals surface area contributed by atoms with Crippen LogP contribution in [-0.2, 0) is 9.59 Å². The Morgan fingerprint density at radius 1 is 0.375 bits per heavy atom. The predicted molar refractivity (Wildman–Crippen MR) is 174 cm³/mol. The first-order valence-corrected chi connectivity index (χ1v) is 17.3. The number of carbonyl (C=O) groups is 2. The molecule has 0 bridgehead atoms. The van der Waals surface area contributed by atoms with Crippen LogP contribution in [0.4, 0.5) is 0 Å². The summed E-state index contributed by atoms with van der Waals surface area (Å²) in [4.78, 5) is 20.6. The quantitative estimate of drug-likeness (QED) is 0.0672. The second kappa shape index (κ2) is 37.4. The molecule has 236 valence electrons. The van der Waals surface area contributed by atoms with E-state index in [9.17, 15) is 9.59 Å². The molecule has 0 atom stereocenters. The molecule has 0 aliphatic rings. The topological polar surface area (TPSA) is 74.6 Å². The first kappa shape index (κ1) is 40.6. The summed E-state index contributed by atoms with van der Waals surface area (Å²) >= 11 is 0. The molecule has 0 unspecified atom stereocenters. The van der Waals surface area contributed by atoms with Gasteiger partial charge in [0.2, 0.25) is 0 Å². The van der Waals surface area contributed by atoms with Gasteiger partial charge in [-0.2, -0.15) is 0 Å². The smallest absolute Gasteiger partial charge is 0.303 e. The number of hydrogen-bond donors (Lipinski definition) is 2. The van der Waals surface area contributed by atoms with Crippen LogP contribution in [0.1, 0.15) is 194 Å². The van der Waals surface area contributed by atoms with E-state index in [0.29, 0.717) is 12.8 Å².